The van der Waals surface area contributed by atoms with Gasteiger partial charge in [0, 0.05) is 0 Å². The fourth-order valence-electron chi connectivity index (χ4n) is 8.10. The third-order valence-corrected chi connectivity index (χ3v) is 19.6. The van der Waals surface area contributed by atoms with Gasteiger partial charge >= 0.3 is 309 Å². The summed E-state index contributed by atoms with van der Waals surface area (Å²) in [5, 5.41) is 0. The van der Waals surface area contributed by atoms with Gasteiger partial charge in [-0.1, -0.05) is 0 Å². The Hall–Kier alpha value is -3.61. The van der Waals surface area contributed by atoms with Gasteiger partial charge in [0.05, 0.1) is 0 Å². The molecular weight excluding hydrogens is 751 g/mol. The molecule has 0 bridgehead atoms. The van der Waals surface area contributed by atoms with Crippen molar-refractivity contribution in [2.75, 3.05) is 0 Å². The monoisotopic (exact) mass is 794 g/mol. The molecule has 8 rings (SSSR count). The summed E-state index contributed by atoms with van der Waals surface area (Å²) in [5.74, 6) is 0. The third-order valence-electron chi connectivity index (χ3n) is 10.8. The molecule has 0 saturated carbocycles. The van der Waals surface area contributed by atoms with Gasteiger partial charge in [-0.25, -0.2) is 0 Å². The Bertz CT molecular complexity index is 2170. The van der Waals surface area contributed by atoms with E-state index in [1.54, 1.807) is 14.3 Å². The van der Waals surface area contributed by atoms with Crippen molar-refractivity contribution in [3.05, 3.63) is 196 Å². The zero-order valence-corrected chi connectivity index (χ0v) is 34.9. The first kappa shape index (κ1) is 38.1. The van der Waals surface area contributed by atoms with Crippen LogP contribution in [-0.2, 0) is 32.1 Å². The minimum absolute atomic E-state index is 0. The van der Waals surface area contributed by atoms with Crippen molar-refractivity contribution in [1.29, 1.82) is 0 Å². The second-order valence-electron chi connectivity index (χ2n) is 16.1. The van der Waals surface area contributed by atoms with E-state index < -0.39 is 21.3 Å². The van der Waals surface area contributed by atoms with Crippen LogP contribution in [0.1, 0.15) is 93.3 Å². The molecule has 0 radical (unpaired) electrons. The number of rotatable bonds is 5. The Balaban J connectivity index is 0.00000232. The van der Waals surface area contributed by atoms with Gasteiger partial charge in [0.1, 0.15) is 0 Å². The second-order valence-corrected chi connectivity index (χ2v) is 22.6. The average molecular weight is 797 g/mol. The van der Waals surface area contributed by atoms with E-state index in [2.05, 4.69) is 199 Å². The van der Waals surface area contributed by atoms with Gasteiger partial charge in [-0.05, 0) is 0 Å². The number of allylic oxidation sites excluding steroid dienone is 1. The molecule has 0 heterocycles. The van der Waals surface area contributed by atoms with Gasteiger partial charge in [-0.3, -0.25) is 0 Å². The van der Waals surface area contributed by atoms with Crippen LogP contribution < -0.4 is 24.8 Å². The van der Waals surface area contributed by atoms with Crippen LogP contribution in [0.3, 0.4) is 0 Å². The fourth-order valence-corrected chi connectivity index (χ4v) is 17.9. The summed E-state index contributed by atoms with van der Waals surface area (Å²) in [5.41, 5.74) is 17.1. The first-order valence-corrected chi connectivity index (χ1v) is 22.2. The van der Waals surface area contributed by atoms with Gasteiger partial charge in [0.15, 0.2) is 0 Å². The topological polar surface area (TPSA) is 0 Å². The Morgan fingerprint density at radius 1 is 0.481 bits per heavy atom. The molecule has 1 atom stereocenters. The Morgan fingerprint density at radius 2 is 0.962 bits per heavy atom. The summed E-state index contributed by atoms with van der Waals surface area (Å²) in [6.45, 7) is 14.1. The molecule has 52 heavy (non-hydrogen) atoms. The van der Waals surface area contributed by atoms with Gasteiger partial charge in [0.2, 0.25) is 0 Å². The molecule has 2 aliphatic carbocycles. The van der Waals surface area contributed by atoms with E-state index in [0.717, 1.165) is 0 Å². The normalized spacial score (nSPS) is 14.3. The van der Waals surface area contributed by atoms with Gasteiger partial charge in [-0.15, -0.1) is 0 Å². The zero-order chi connectivity index (χ0) is 34.6. The maximum absolute atomic E-state index is 2.96. The molecule has 0 nitrogen and oxygen atoms in total. The SMILES string of the molecule is CC(C)(C)c1ccc2c(c1)[CH]([Zr+2](=[C](c1ccccc1)c1ccccc1)[CH]1C=Cc3ccc(-c4ccccc4)cc31)c1cc(C(C)(C)C)ccc1-2.[Cl-].[Cl-]. The zero-order valence-electron chi connectivity index (χ0n) is 30.9. The number of hydrogen-bond acceptors (Lipinski definition) is 0. The molecule has 0 saturated heterocycles. The summed E-state index contributed by atoms with van der Waals surface area (Å²) in [4.78, 5) is 0. The van der Waals surface area contributed by atoms with Gasteiger partial charge in [0.25, 0.3) is 0 Å². The quantitative estimate of drug-likeness (QED) is 0.183. The number of hydrogen-bond donors (Lipinski definition) is 0. The first-order valence-electron chi connectivity index (χ1n) is 18.1. The van der Waals surface area contributed by atoms with E-state index >= 15 is 0 Å². The summed E-state index contributed by atoms with van der Waals surface area (Å²) >= 11 is -2.96. The van der Waals surface area contributed by atoms with E-state index in [0.29, 0.717) is 7.25 Å². The van der Waals surface area contributed by atoms with Crippen molar-refractivity contribution in [2.45, 2.75) is 59.6 Å². The maximum atomic E-state index is 2.60. The van der Waals surface area contributed by atoms with Crippen LogP contribution in [0.4, 0.5) is 0 Å². The van der Waals surface area contributed by atoms with E-state index in [9.17, 15) is 0 Å². The number of fused-ring (bicyclic) bond motifs is 4. The van der Waals surface area contributed by atoms with Crippen molar-refractivity contribution in [2.24, 2.45) is 0 Å². The number of benzene rings is 6. The molecule has 0 fully saturated rings. The van der Waals surface area contributed by atoms with Crippen molar-refractivity contribution in [3.8, 4) is 22.3 Å². The van der Waals surface area contributed by atoms with Crippen LogP contribution >= 0.6 is 0 Å². The molecule has 260 valence electrons. The summed E-state index contributed by atoms with van der Waals surface area (Å²) < 4.78 is 2.32. The fraction of sp³-hybridized carbons (Fsp3) is 0.204. The van der Waals surface area contributed by atoms with Crippen LogP contribution in [0.25, 0.3) is 28.3 Å². The predicted octanol–water partition coefficient (Wildman–Crippen LogP) is 6.68. The Labute approximate surface area is 331 Å². The standard InChI is InChI=1S/C21H25.C15H11.C13H10.2ClH.Zr/c1-20(2,3)16-7-9-18-14(12-16)11-15-13-17(21(4,5)6)8-10-19(15)18;1-2-5-12(6-3-1)15-10-9-13-7-4-8-14(13)11-15;1-3-7-12(8-4-1)11-13-9-5-2-6-10-13;;;/h7-13H,1-6H3;1-11H;1-10H;2*1H;/q;;;;;+2/p-2. The van der Waals surface area contributed by atoms with Crippen molar-refractivity contribution < 1.29 is 46.1 Å². The molecule has 6 aromatic carbocycles. The second kappa shape index (κ2) is 15.0. The minimum Gasteiger partial charge on any atom is -1.00 e. The molecule has 0 aromatic heterocycles. The molecule has 1 unspecified atom stereocenters. The average Bonchev–Trinajstić information content (AvgIpc) is 3.69. The first-order chi connectivity index (χ1) is 24.1. The minimum atomic E-state index is -2.96. The molecule has 0 aliphatic heterocycles. The van der Waals surface area contributed by atoms with Crippen LogP contribution in [0, 0.1) is 0 Å². The van der Waals surface area contributed by atoms with Crippen LogP contribution in [-0.4, -0.2) is 3.21 Å². The summed E-state index contributed by atoms with van der Waals surface area (Å²) in [6.07, 6.45) is 5.02. The van der Waals surface area contributed by atoms with Crippen LogP contribution in [0.5, 0.6) is 0 Å². The Morgan fingerprint density at radius 3 is 1.44 bits per heavy atom. The third kappa shape index (κ3) is 7.06. The molecular formula is C49H46Cl2Zr. The molecule has 0 amide bonds. The largest absolute Gasteiger partial charge is 1.00 e. The van der Waals surface area contributed by atoms with Crippen LogP contribution in [0.15, 0.2) is 152 Å². The molecule has 0 spiro atoms. The van der Waals surface area contributed by atoms with Crippen molar-refractivity contribution in [1.82, 2.24) is 0 Å². The number of halogens is 2. The summed E-state index contributed by atoms with van der Waals surface area (Å²) in [7, 11) is 0. The smallest absolute Gasteiger partial charge is 1.00 e. The van der Waals surface area contributed by atoms with E-state index in [1.165, 1.54) is 55.6 Å². The summed E-state index contributed by atoms with van der Waals surface area (Å²) in [6, 6.07) is 55.7. The molecule has 2 aliphatic rings. The van der Waals surface area contributed by atoms with Gasteiger partial charge < -0.3 is 24.8 Å². The van der Waals surface area contributed by atoms with Crippen molar-refractivity contribution in [3.63, 3.8) is 0 Å². The van der Waals surface area contributed by atoms with Gasteiger partial charge in [-0.2, -0.15) is 0 Å². The van der Waals surface area contributed by atoms with Crippen molar-refractivity contribution >= 4 is 9.28 Å². The van der Waals surface area contributed by atoms with E-state index in [-0.39, 0.29) is 35.6 Å². The Kier molecular flexibility index (Phi) is 11.0. The molecule has 6 aromatic rings. The van der Waals surface area contributed by atoms with Crippen LogP contribution in [0.2, 0.25) is 0 Å². The van der Waals surface area contributed by atoms with E-state index in [1.807, 2.05) is 0 Å². The van der Waals surface area contributed by atoms with E-state index in [4.69, 9.17) is 0 Å². The maximum Gasteiger partial charge on any atom is -1.00 e. The molecule has 3 heteroatoms. The predicted molar refractivity (Wildman–Crippen MR) is 211 cm³/mol. The molecule has 0 N–H and O–H groups in total.